The minimum atomic E-state index is -4.43. The van der Waals surface area contributed by atoms with E-state index < -0.39 is 10.1 Å². The summed E-state index contributed by atoms with van der Waals surface area (Å²) in [5.74, 6) is 0. The van der Waals surface area contributed by atoms with Crippen LogP contribution in [-0.2, 0) is 14.9 Å². The van der Waals surface area contributed by atoms with Crippen LogP contribution in [0.5, 0.6) is 0 Å². The van der Waals surface area contributed by atoms with Gasteiger partial charge in [0.1, 0.15) is 16.4 Å². The molecule has 23 heavy (non-hydrogen) atoms. The summed E-state index contributed by atoms with van der Waals surface area (Å²) in [5, 5.41) is 0. The molecule has 0 fully saturated rings. The van der Waals surface area contributed by atoms with E-state index >= 15 is 0 Å². The van der Waals surface area contributed by atoms with Gasteiger partial charge in [-0.3, -0.25) is 0 Å². The van der Waals surface area contributed by atoms with Gasteiger partial charge in [-0.25, -0.2) is 8.42 Å². The van der Waals surface area contributed by atoms with E-state index in [1.165, 1.54) is 12.1 Å². The third-order valence-corrected chi connectivity index (χ3v) is 4.29. The minimum Gasteiger partial charge on any atom is -0.744 e. The molecular formula is C16H14NNaO4S. The zero-order valence-electron chi connectivity index (χ0n) is 12.9. The second-order valence-corrected chi connectivity index (χ2v) is 6.42. The summed E-state index contributed by atoms with van der Waals surface area (Å²) in [6.07, 6.45) is 1.63. The summed E-state index contributed by atoms with van der Waals surface area (Å²) < 4.78 is 38.4. The number of aryl methyl sites for hydroxylation is 1. The van der Waals surface area contributed by atoms with Crippen molar-refractivity contribution in [3.63, 3.8) is 0 Å². The summed E-state index contributed by atoms with van der Waals surface area (Å²) in [4.78, 5) is 1.74. The molecule has 0 N–H and O–H groups in total. The Bertz CT molecular complexity index is 831. The van der Waals surface area contributed by atoms with Gasteiger partial charge in [0, 0.05) is 11.3 Å². The smallest absolute Gasteiger partial charge is 0.744 e. The standard InChI is InChI=1S/C16H15NO4S.Na/c1-12-3-2-4-14(9-12)17-11-21-10-16(17)13-5-7-15(8-6-13)22(18,19)20;/h2-10H,11H2,1H3,(H,18,19,20);/q;+1/p-1. The molecule has 1 aliphatic rings. The van der Waals surface area contributed by atoms with Crippen LogP contribution in [0.3, 0.4) is 0 Å². The molecule has 114 valence electrons. The summed E-state index contributed by atoms with van der Waals surface area (Å²) in [5.41, 5.74) is 3.73. The second kappa shape index (κ2) is 7.07. The predicted molar refractivity (Wildman–Crippen MR) is 82.0 cm³/mol. The van der Waals surface area contributed by atoms with Gasteiger partial charge < -0.3 is 14.2 Å². The molecule has 0 aliphatic carbocycles. The summed E-state index contributed by atoms with van der Waals surface area (Å²) in [6, 6.07) is 13.8. The fourth-order valence-corrected chi connectivity index (χ4v) is 2.82. The van der Waals surface area contributed by atoms with Crippen LogP contribution in [0.4, 0.5) is 5.69 Å². The molecule has 0 bridgehead atoms. The van der Waals surface area contributed by atoms with Crippen molar-refractivity contribution in [3.05, 3.63) is 65.9 Å². The molecule has 2 aromatic rings. The molecule has 1 aliphatic heterocycles. The average Bonchev–Trinajstić information content (AvgIpc) is 2.96. The first-order chi connectivity index (χ1) is 10.4. The van der Waals surface area contributed by atoms with E-state index in [1.807, 2.05) is 36.1 Å². The number of hydrogen-bond acceptors (Lipinski definition) is 5. The molecule has 3 rings (SSSR count). The predicted octanol–water partition coefficient (Wildman–Crippen LogP) is -0.304. The Morgan fingerprint density at radius 1 is 1.13 bits per heavy atom. The Morgan fingerprint density at radius 3 is 2.43 bits per heavy atom. The second-order valence-electron chi connectivity index (χ2n) is 5.04. The van der Waals surface area contributed by atoms with E-state index in [0.29, 0.717) is 6.73 Å². The van der Waals surface area contributed by atoms with Gasteiger partial charge >= 0.3 is 29.6 Å². The van der Waals surface area contributed by atoms with Gasteiger partial charge in [0.15, 0.2) is 6.73 Å². The van der Waals surface area contributed by atoms with Crippen LogP contribution in [0.15, 0.2) is 59.7 Å². The molecule has 1 heterocycles. The normalized spacial score (nSPS) is 14.0. The maximum atomic E-state index is 11.0. The van der Waals surface area contributed by atoms with Gasteiger partial charge in [0.05, 0.1) is 10.6 Å². The van der Waals surface area contributed by atoms with E-state index in [9.17, 15) is 13.0 Å². The van der Waals surface area contributed by atoms with Crippen LogP contribution >= 0.6 is 0 Å². The van der Waals surface area contributed by atoms with Crippen LogP contribution < -0.4 is 34.5 Å². The van der Waals surface area contributed by atoms with E-state index in [-0.39, 0.29) is 34.5 Å². The Kier molecular flexibility index (Phi) is 5.54. The summed E-state index contributed by atoms with van der Waals surface area (Å²) in [6.45, 7) is 2.40. The van der Waals surface area contributed by atoms with Crippen molar-refractivity contribution in [1.82, 2.24) is 0 Å². The fourth-order valence-electron chi connectivity index (χ4n) is 2.35. The van der Waals surface area contributed by atoms with E-state index in [1.54, 1.807) is 18.4 Å². The molecule has 0 saturated heterocycles. The van der Waals surface area contributed by atoms with Gasteiger partial charge in [0.2, 0.25) is 0 Å². The van der Waals surface area contributed by atoms with Crippen molar-refractivity contribution < 1.29 is 47.3 Å². The van der Waals surface area contributed by atoms with Crippen LogP contribution in [0.1, 0.15) is 11.1 Å². The summed E-state index contributed by atoms with van der Waals surface area (Å²) in [7, 11) is -4.43. The van der Waals surface area contributed by atoms with Crippen LogP contribution in [0, 0.1) is 6.92 Å². The van der Waals surface area contributed by atoms with Crippen molar-refractivity contribution in [3.8, 4) is 0 Å². The zero-order valence-corrected chi connectivity index (χ0v) is 15.7. The van der Waals surface area contributed by atoms with Gasteiger partial charge in [-0.05, 0) is 36.8 Å². The average molecular weight is 339 g/mol. The Hall–Kier alpha value is -1.31. The first kappa shape index (κ1) is 18.0. The van der Waals surface area contributed by atoms with Crippen LogP contribution in [-0.4, -0.2) is 19.7 Å². The van der Waals surface area contributed by atoms with E-state index in [4.69, 9.17) is 4.74 Å². The molecule has 0 spiro atoms. The molecule has 5 nitrogen and oxygen atoms in total. The maximum absolute atomic E-state index is 11.0. The summed E-state index contributed by atoms with van der Waals surface area (Å²) >= 11 is 0. The maximum Gasteiger partial charge on any atom is 1.00 e. The third-order valence-electron chi connectivity index (χ3n) is 3.44. The monoisotopic (exact) mass is 339 g/mol. The van der Waals surface area contributed by atoms with E-state index in [0.717, 1.165) is 22.5 Å². The minimum absolute atomic E-state index is 0. The van der Waals surface area contributed by atoms with Crippen molar-refractivity contribution in [2.45, 2.75) is 11.8 Å². The number of nitrogens with zero attached hydrogens (tertiary/aromatic N) is 1. The first-order valence-corrected chi connectivity index (χ1v) is 8.08. The van der Waals surface area contributed by atoms with Crippen LogP contribution in [0.2, 0.25) is 0 Å². The number of ether oxygens (including phenoxy) is 1. The first-order valence-electron chi connectivity index (χ1n) is 6.67. The SMILES string of the molecule is Cc1cccc(N2COC=C2c2ccc(S(=O)(=O)[O-])cc2)c1.[Na+]. The number of anilines is 1. The van der Waals surface area contributed by atoms with Crippen molar-refractivity contribution in [2.24, 2.45) is 0 Å². The van der Waals surface area contributed by atoms with Crippen molar-refractivity contribution in [1.29, 1.82) is 0 Å². The topological polar surface area (TPSA) is 69.7 Å². The van der Waals surface area contributed by atoms with Gasteiger partial charge in [-0.1, -0.05) is 24.3 Å². The molecule has 0 aromatic heterocycles. The molecule has 0 saturated carbocycles. The van der Waals surface area contributed by atoms with Crippen LogP contribution in [0.25, 0.3) is 5.70 Å². The molecule has 0 atom stereocenters. The number of benzene rings is 2. The number of rotatable bonds is 3. The van der Waals surface area contributed by atoms with Gasteiger partial charge in [0.25, 0.3) is 0 Å². The quantitative estimate of drug-likeness (QED) is 0.567. The third kappa shape index (κ3) is 3.97. The molecule has 7 heteroatoms. The van der Waals surface area contributed by atoms with Gasteiger partial charge in [-0.15, -0.1) is 0 Å². The molecular weight excluding hydrogens is 325 g/mol. The Balaban J connectivity index is 0.00000192. The molecule has 0 unspecified atom stereocenters. The molecule has 2 aromatic carbocycles. The molecule has 0 radical (unpaired) electrons. The number of hydrogen-bond donors (Lipinski definition) is 0. The van der Waals surface area contributed by atoms with Crippen molar-refractivity contribution >= 4 is 21.5 Å². The molecule has 0 amide bonds. The Morgan fingerprint density at radius 2 is 1.83 bits per heavy atom. The van der Waals surface area contributed by atoms with Crippen molar-refractivity contribution in [2.75, 3.05) is 11.6 Å². The fraction of sp³-hybridized carbons (Fsp3) is 0.125. The largest absolute Gasteiger partial charge is 1.00 e. The Labute approximate surface area is 157 Å². The van der Waals surface area contributed by atoms with Gasteiger partial charge in [-0.2, -0.15) is 0 Å². The van der Waals surface area contributed by atoms with E-state index in [2.05, 4.69) is 0 Å². The zero-order chi connectivity index (χ0) is 15.7.